The number of allylic oxidation sites excluding steroid dienone is 1. The normalized spacial score (nSPS) is 28.9. The monoisotopic (exact) mass is 1890 g/mol. The number of carbonyl (C=O) groups is 5. The van der Waals surface area contributed by atoms with Crippen LogP contribution < -0.4 is 0 Å². The predicted molar refractivity (Wildman–Crippen MR) is 486 cm³/mol. The van der Waals surface area contributed by atoms with Gasteiger partial charge >= 0.3 is 24.4 Å². The zero-order valence-electron chi connectivity index (χ0n) is 76.8. The molecular formula is C93H147IN2O22S2Si2. The third kappa shape index (κ3) is 29.4. The minimum atomic E-state index is -3.66. The van der Waals surface area contributed by atoms with E-state index in [0.717, 1.165) is 141 Å². The van der Waals surface area contributed by atoms with Crippen molar-refractivity contribution in [2.45, 2.75) is 356 Å². The van der Waals surface area contributed by atoms with Crippen LogP contribution in [-0.4, -0.2) is 215 Å². The Morgan fingerprint density at radius 3 is 1.41 bits per heavy atom. The van der Waals surface area contributed by atoms with Crippen LogP contribution in [0.4, 0.5) is 19.2 Å². The van der Waals surface area contributed by atoms with E-state index in [1.807, 2.05) is 13.8 Å². The molecule has 0 aromatic heterocycles. The highest BCUT2D eigenvalue weighted by Crippen LogP contribution is 2.47. The van der Waals surface area contributed by atoms with Crippen molar-refractivity contribution in [1.82, 2.24) is 9.80 Å². The fourth-order valence-corrected chi connectivity index (χ4v) is 22.7. The molecule has 8 saturated heterocycles. The van der Waals surface area contributed by atoms with E-state index in [2.05, 4.69) is 130 Å². The standard InChI is InChI=1S/C45H71NO10SSi.C25H45IO4Si.C23H31NO8S/c1-29-23-34(20-21-38-30(2)24-33(52-38)17-16-22-51-58(11,12)45(8,9)10)53-40(31(29)3)26-41-37(28-57(49,50)36-18-14-13-15-19-36)32(4)39(55-41)25-35-27-46(42(47)54-35)43(48)56-44(5,6)7;1-19-17-22(11-9-16-29-31(7,8)24(4,5)6)30-23(19)12-13-25(18-20(2)21(3)26)27-14-10-15-28-25;1-15-18(14-33(28,29)17-8-6-5-7-9-17)19(10-11-25)31-20(15)12-16-13-24(21(26)30-16)22(27)32-23(2,3)4/h13-15,18-19,29,32-35,37-41H,2-3,16-17,20-28H2,1,4-12H3;20,22-23H,1,3,9-18H2,2,4-8H3;5-9,11,15-16,18-20H,10,12-14H2,1-4H3/t29-,32-,33+,34+,35+,37-,38?,39-,40-,41+;20-,22+,23+;15-,16+,18-,19+,20-/m111/s1. The summed E-state index contributed by atoms with van der Waals surface area (Å²) in [5.74, 6) is -1.35. The number of ether oxygens (including phenoxy) is 11. The maximum atomic E-state index is 13.8. The number of imide groups is 2. The number of sulfone groups is 2. The van der Waals surface area contributed by atoms with E-state index >= 15 is 0 Å². The molecule has 10 rings (SSSR count). The van der Waals surface area contributed by atoms with E-state index in [0.29, 0.717) is 18.8 Å². The van der Waals surface area contributed by atoms with Crippen molar-refractivity contribution in [3.05, 3.63) is 107 Å². The van der Waals surface area contributed by atoms with Crippen molar-refractivity contribution in [3.8, 4) is 0 Å². The molecule has 0 radical (unpaired) electrons. The third-order valence-corrected chi connectivity index (χ3v) is 39.9. The van der Waals surface area contributed by atoms with Crippen LogP contribution in [0, 0.1) is 35.5 Å². The average Bonchev–Trinajstić information content (AvgIpc) is 1.63. The number of hydrogen-bond donors (Lipinski definition) is 0. The van der Waals surface area contributed by atoms with Crippen molar-refractivity contribution >= 4 is 89.6 Å². The molecule has 2 aromatic carbocycles. The second-order valence-corrected chi connectivity index (χ2v) is 55.3. The molecule has 0 spiro atoms. The Bertz CT molecular complexity index is 4080. The first-order chi connectivity index (χ1) is 56.7. The first-order valence-corrected chi connectivity index (χ1v) is 54.5. The van der Waals surface area contributed by atoms with Crippen LogP contribution in [0.3, 0.4) is 0 Å². The molecule has 8 aliphatic heterocycles. The summed E-state index contributed by atoms with van der Waals surface area (Å²) in [7, 11) is -10.7. The van der Waals surface area contributed by atoms with Gasteiger partial charge in [-0.2, -0.15) is 0 Å². The lowest BCUT2D eigenvalue weighted by atomic mass is 9.82. The van der Waals surface area contributed by atoms with E-state index in [-0.39, 0.29) is 118 Å². The number of aldehydes is 1. The second kappa shape index (κ2) is 43.6. The molecule has 8 aliphatic rings. The van der Waals surface area contributed by atoms with Crippen LogP contribution in [0.2, 0.25) is 36.3 Å². The van der Waals surface area contributed by atoms with Crippen molar-refractivity contribution < 1.29 is 102 Å². The number of rotatable bonds is 33. The Morgan fingerprint density at radius 2 is 0.992 bits per heavy atom. The number of benzene rings is 2. The zero-order chi connectivity index (χ0) is 90.5. The van der Waals surface area contributed by atoms with Gasteiger partial charge in [-0.1, -0.05) is 132 Å². The molecule has 2 aromatic rings. The van der Waals surface area contributed by atoms with Crippen molar-refractivity contribution in [3.63, 3.8) is 0 Å². The topological polar surface area (TPSA) is 280 Å². The Hall–Kier alpha value is -4.75. The minimum absolute atomic E-state index is 0.00271. The van der Waals surface area contributed by atoms with Crippen LogP contribution in [0.25, 0.3) is 0 Å². The molecule has 0 N–H and O–H groups in total. The number of cyclic esters (lactones) is 2. The lowest BCUT2D eigenvalue weighted by molar-refractivity contribution is -0.278. The fraction of sp³-hybridized carbons (Fsp3) is 0.731. The van der Waals surface area contributed by atoms with E-state index in [9.17, 15) is 40.8 Å². The lowest BCUT2D eigenvalue weighted by Crippen LogP contribution is -2.42. The number of nitrogens with zero attached hydrogens (tertiary/aromatic N) is 2. The summed E-state index contributed by atoms with van der Waals surface area (Å²) < 4.78 is 134. The molecule has 29 heteroatoms. The highest BCUT2D eigenvalue weighted by Gasteiger charge is 2.52. The van der Waals surface area contributed by atoms with Gasteiger partial charge in [-0.15, -0.1) is 0 Å². The number of hydrogen-bond acceptors (Lipinski definition) is 22. The molecule has 8 heterocycles. The third-order valence-electron chi connectivity index (χ3n) is 26.2. The Kier molecular flexibility index (Phi) is 36.7. The van der Waals surface area contributed by atoms with Crippen LogP contribution >= 0.6 is 22.6 Å². The first-order valence-electron chi connectivity index (χ1n) is 44.3. The molecular weight excluding hydrogens is 1740 g/mol. The Labute approximate surface area is 746 Å². The quantitative estimate of drug-likeness (QED) is 0.0160. The second-order valence-electron chi connectivity index (χ2n) is 40.3. The molecule has 688 valence electrons. The van der Waals surface area contributed by atoms with Gasteiger partial charge in [-0.25, -0.2) is 45.8 Å². The van der Waals surface area contributed by atoms with Gasteiger partial charge in [0.2, 0.25) is 0 Å². The summed E-state index contributed by atoms with van der Waals surface area (Å²) in [6, 6.07) is 16.7. The zero-order valence-corrected chi connectivity index (χ0v) is 82.6. The molecule has 1 unspecified atom stereocenters. The predicted octanol–water partition coefficient (Wildman–Crippen LogP) is 20.3. The highest BCUT2D eigenvalue weighted by atomic mass is 127. The summed E-state index contributed by atoms with van der Waals surface area (Å²) in [6.45, 7) is 61.9. The summed E-state index contributed by atoms with van der Waals surface area (Å²) in [6.07, 6.45) is 7.74. The molecule has 4 amide bonds. The van der Waals surface area contributed by atoms with Crippen LogP contribution in [0.1, 0.15) is 220 Å². The molecule has 0 aliphatic carbocycles. The van der Waals surface area contributed by atoms with Gasteiger partial charge in [-0.05, 0) is 239 Å². The highest BCUT2D eigenvalue weighted by molar-refractivity contribution is 14.1. The summed E-state index contributed by atoms with van der Waals surface area (Å²) in [5, 5.41) is 0.453. The van der Waals surface area contributed by atoms with Crippen molar-refractivity contribution in [2.75, 3.05) is 51.0 Å². The minimum Gasteiger partial charge on any atom is -0.444 e. The SMILES string of the molecule is C=C(I)[C@H](C)CC1(CC[C@@H]2O[C@@H](CCCO[Si](C)(C)C(C)(C)C)CC2=C)OCCCO1.C=C1C[C@H](CCCO[Si](C)(C)C(C)(C)C)OC1CC[C@H]1C[C@@H](C)C(=C)[C@@H](C[C@@H]2O[C@H](C[C@H]3CN(C(=O)OC(C)(C)C)C(=O)O3)[C@H](C)[C@H]2CS(=O)(=O)c2ccccc2)O1.C[C@@H]1[C@@H](CS(=O)(=O)c2ccccc2)[C@H](CC=O)O[C@@H]1C[C@H]1CN(C(=O)OC(C)(C)C)C(=O)O1. The van der Waals surface area contributed by atoms with Gasteiger partial charge in [0, 0.05) is 63.6 Å². The largest absolute Gasteiger partial charge is 0.444 e. The van der Waals surface area contributed by atoms with Gasteiger partial charge in [0.25, 0.3) is 0 Å². The van der Waals surface area contributed by atoms with Gasteiger partial charge in [-0.3, -0.25) is 0 Å². The van der Waals surface area contributed by atoms with Crippen molar-refractivity contribution in [1.29, 1.82) is 0 Å². The van der Waals surface area contributed by atoms with Gasteiger partial charge in [0.15, 0.2) is 42.1 Å². The van der Waals surface area contributed by atoms with E-state index in [1.54, 1.807) is 102 Å². The molecule has 0 saturated carbocycles. The Balaban J connectivity index is 0.000000246. The molecule has 24 nitrogen and oxygen atoms in total. The van der Waals surface area contributed by atoms with Gasteiger partial charge in [0.1, 0.15) is 29.7 Å². The molecule has 0 bridgehead atoms. The van der Waals surface area contributed by atoms with Gasteiger partial charge < -0.3 is 65.8 Å². The average molecular weight is 1890 g/mol. The van der Waals surface area contributed by atoms with Crippen LogP contribution in [0.15, 0.2) is 117 Å². The maximum Gasteiger partial charge on any atom is 0.419 e. The fourth-order valence-electron chi connectivity index (χ4n) is 16.7. The molecule has 8 fully saturated rings. The van der Waals surface area contributed by atoms with E-state index in [4.69, 9.17) is 61.0 Å². The molecule has 18 atom stereocenters. The number of amides is 4. The van der Waals surface area contributed by atoms with E-state index < -0.39 is 120 Å². The summed E-state index contributed by atoms with van der Waals surface area (Å²) in [4.78, 5) is 63.5. The van der Waals surface area contributed by atoms with Gasteiger partial charge in [0.05, 0.1) is 109 Å². The summed E-state index contributed by atoms with van der Waals surface area (Å²) in [5.41, 5.74) is 1.82. The van der Waals surface area contributed by atoms with Crippen LogP contribution in [-0.2, 0) is 85.4 Å². The first kappa shape index (κ1) is 103. The van der Waals surface area contributed by atoms with Crippen molar-refractivity contribution in [2.24, 2.45) is 35.5 Å². The lowest BCUT2D eigenvalue weighted by Gasteiger charge is -2.39. The smallest absolute Gasteiger partial charge is 0.419 e. The van der Waals surface area contributed by atoms with E-state index in [1.165, 1.54) is 5.57 Å². The Morgan fingerprint density at radius 1 is 0.574 bits per heavy atom. The number of carbonyl (C=O) groups excluding carboxylic acids is 5. The summed E-state index contributed by atoms with van der Waals surface area (Å²) >= 11 is 2.32. The van der Waals surface area contributed by atoms with Crippen LogP contribution in [0.5, 0.6) is 0 Å². The molecule has 122 heavy (non-hydrogen) atoms. The maximum absolute atomic E-state index is 13.8. The number of halogens is 1.